The normalized spacial score (nSPS) is 24.1. The van der Waals surface area contributed by atoms with E-state index in [9.17, 15) is 14.7 Å². The van der Waals surface area contributed by atoms with E-state index in [2.05, 4.69) is 13.5 Å². The Bertz CT molecular complexity index is 875. The van der Waals surface area contributed by atoms with E-state index in [4.69, 9.17) is 9.47 Å². The summed E-state index contributed by atoms with van der Waals surface area (Å²) in [5, 5.41) is 9.64. The van der Waals surface area contributed by atoms with Crippen molar-refractivity contribution < 1.29 is 24.2 Å². The number of benzene rings is 1. The van der Waals surface area contributed by atoms with Gasteiger partial charge in [-0.05, 0) is 87.3 Å². The van der Waals surface area contributed by atoms with Crippen LogP contribution in [0, 0.1) is 29.6 Å². The van der Waals surface area contributed by atoms with Gasteiger partial charge in [-0.15, -0.1) is 0 Å². The molecular formula is C34H52O5. The van der Waals surface area contributed by atoms with Crippen molar-refractivity contribution in [2.45, 2.75) is 110 Å². The molecule has 5 heteroatoms. The van der Waals surface area contributed by atoms with Crippen LogP contribution >= 0.6 is 0 Å². The number of unbranched alkanes of at least 4 members (excludes halogenated alkanes) is 4. The van der Waals surface area contributed by atoms with Gasteiger partial charge in [0.1, 0.15) is 5.75 Å². The summed E-state index contributed by atoms with van der Waals surface area (Å²) in [5.41, 5.74) is 1.34. The smallest absolute Gasteiger partial charge is 0.333 e. The van der Waals surface area contributed by atoms with Crippen LogP contribution in [0.15, 0.2) is 36.4 Å². The molecule has 0 aromatic heterocycles. The van der Waals surface area contributed by atoms with Crippen LogP contribution in [0.1, 0.15) is 109 Å². The highest BCUT2D eigenvalue weighted by Gasteiger charge is 2.33. The second kappa shape index (κ2) is 16.8. The number of rotatable bonds is 15. The van der Waals surface area contributed by atoms with Gasteiger partial charge < -0.3 is 14.6 Å². The van der Waals surface area contributed by atoms with Gasteiger partial charge >= 0.3 is 11.9 Å². The first-order valence-corrected chi connectivity index (χ1v) is 15.6. The average molecular weight is 541 g/mol. The number of esters is 2. The molecule has 0 saturated heterocycles. The molecular weight excluding hydrogens is 488 g/mol. The summed E-state index contributed by atoms with van der Waals surface area (Å²) in [6, 6.07) is 7.44. The quantitative estimate of drug-likeness (QED) is 0.106. The highest BCUT2D eigenvalue weighted by atomic mass is 16.5. The molecule has 1 N–H and O–H groups in total. The first-order chi connectivity index (χ1) is 18.9. The molecule has 0 radical (unpaired) electrons. The number of carbonyl (C=O) groups is 2. The number of hydrogen-bond acceptors (Lipinski definition) is 5. The zero-order valence-electron chi connectivity index (χ0n) is 24.5. The Balaban J connectivity index is 1.34. The third-order valence-corrected chi connectivity index (χ3v) is 9.10. The van der Waals surface area contributed by atoms with Crippen molar-refractivity contribution in [3.63, 3.8) is 0 Å². The molecule has 2 aliphatic carbocycles. The number of hydrogen-bond donors (Lipinski definition) is 1. The standard InChI is InChI=1S/C34H52O5/c1-4-5-6-7-8-9-26-10-14-29(15-11-26)30-16-18-31(19-17-30)34(37)39-32-20-12-27(13-21-32)22-28(23-35)24-38-33(36)25(2)3/h12-13,20-21,26,28-31,35H,2,4-11,14-19,22-24H2,1,3H3. The van der Waals surface area contributed by atoms with Crippen molar-refractivity contribution in [1.29, 1.82) is 0 Å². The Labute approximate surface area is 236 Å². The summed E-state index contributed by atoms with van der Waals surface area (Å²) in [7, 11) is 0. The Hall–Kier alpha value is -2.14. The molecule has 3 rings (SSSR count). The highest BCUT2D eigenvalue weighted by Crippen LogP contribution is 2.42. The van der Waals surface area contributed by atoms with E-state index in [1.165, 1.54) is 64.2 Å². The van der Waals surface area contributed by atoms with E-state index in [1.807, 2.05) is 24.3 Å². The maximum atomic E-state index is 12.9. The molecule has 1 aromatic rings. The Morgan fingerprint density at radius 3 is 2.13 bits per heavy atom. The Morgan fingerprint density at radius 1 is 0.923 bits per heavy atom. The van der Waals surface area contributed by atoms with Gasteiger partial charge in [0.25, 0.3) is 0 Å². The van der Waals surface area contributed by atoms with Gasteiger partial charge in [-0.25, -0.2) is 4.79 Å². The largest absolute Gasteiger partial charge is 0.462 e. The van der Waals surface area contributed by atoms with E-state index < -0.39 is 5.97 Å². The highest BCUT2D eigenvalue weighted by molar-refractivity contribution is 5.86. The van der Waals surface area contributed by atoms with Gasteiger partial charge in [-0.1, -0.05) is 77.0 Å². The molecule has 0 amide bonds. The van der Waals surface area contributed by atoms with Crippen LogP contribution in [0.4, 0.5) is 0 Å². The number of ether oxygens (including phenoxy) is 2. The summed E-state index contributed by atoms with van der Waals surface area (Å²) in [6.07, 6.45) is 18.8. The minimum absolute atomic E-state index is 0.00200. The third kappa shape index (κ3) is 10.7. The molecule has 218 valence electrons. The average Bonchev–Trinajstić information content (AvgIpc) is 2.96. The van der Waals surface area contributed by atoms with Crippen LogP contribution in [0.2, 0.25) is 0 Å². The summed E-state index contributed by atoms with van der Waals surface area (Å²) < 4.78 is 10.9. The van der Waals surface area contributed by atoms with Crippen molar-refractivity contribution in [2.75, 3.05) is 13.2 Å². The van der Waals surface area contributed by atoms with Crippen molar-refractivity contribution in [2.24, 2.45) is 29.6 Å². The maximum Gasteiger partial charge on any atom is 0.333 e. The van der Waals surface area contributed by atoms with Crippen LogP contribution in [0.25, 0.3) is 0 Å². The summed E-state index contributed by atoms with van der Waals surface area (Å²) in [5.74, 6) is 2.42. The lowest BCUT2D eigenvalue weighted by Crippen LogP contribution is -2.30. The summed E-state index contributed by atoms with van der Waals surface area (Å²) in [4.78, 5) is 24.5. The molecule has 0 heterocycles. The Morgan fingerprint density at radius 2 is 1.54 bits per heavy atom. The van der Waals surface area contributed by atoms with Crippen LogP contribution in [0.5, 0.6) is 5.75 Å². The van der Waals surface area contributed by atoms with Crippen molar-refractivity contribution in [3.8, 4) is 5.75 Å². The molecule has 0 bridgehead atoms. The fourth-order valence-electron chi connectivity index (χ4n) is 6.53. The lowest BCUT2D eigenvalue weighted by Gasteiger charge is -2.37. The van der Waals surface area contributed by atoms with Gasteiger partial charge in [-0.2, -0.15) is 0 Å². The van der Waals surface area contributed by atoms with Gasteiger partial charge in [0, 0.05) is 18.1 Å². The SMILES string of the molecule is C=C(C)C(=O)OCC(CO)Cc1ccc(OC(=O)C2CCC(C3CCC(CCCCCCC)CC3)CC2)cc1. The van der Waals surface area contributed by atoms with Gasteiger partial charge in [0.05, 0.1) is 12.5 Å². The van der Waals surface area contributed by atoms with Crippen molar-refractivity contribution in [1.82, 2.24) is 0 Å². The van der Waals surface area contributed by atoms with Crippen molar-refractivity contribution in [3.05, 3.63) is 42.0 Å². The molecule has 39 heavy (non-hydrogen) atoms. The molecule has 1 aromatic carbocycles. The fraction of sp³-hybridized carbons (Fsp3) is 0.706. The Kier molecular flexibility index (Phi) is 13.6. The lowest BCUT2D eigenvalue weighted by atomic mass is 9.68. The van der Waals surface area contributed by atoms with E-state index >= 15 is 0 Å². The molecule has 0 aliphatic heterocycles. The molecule has 2 fully saturated rings. The fourth-order valence-corrected chi connectivity index (χ4v) is 6.53. The molecule has 1 atom stereocenters. The van der Waals surface area contributed by atoms with E-state index in [0.29, 0.717) is 17.7 Å². The predicted octanol–water partition coefficient (Wildman–Crippen LogP) is 7.84. The second-order valence-electron chi connectivity index (χ2n) is 12.3. The van der Waals surface area contributed by atoms with Gasteiger partial charge in [-0.3, -0.25) is 4.79 Å². The lowest BCUT2D eigenvalue weighted by molar-refractivity contribution is -0.141. The first-order valence-electron chi connectivity index (χ1n) is 15.6. The zero-order valence-corrected chi connectivity index (χ0v) is 24.5. The second-order valence-corrected chi connectivity index (χ2v) is 12.3. The monoisotopic (exact) mass is 540 g/mol. The molecule has 1 unspecified atom stereocenters. The minimum atomic E-state index is -0.444. The predicted molar refractivity (Wildman–Crippen MR) is 156 cm³/mol. The zero-order chi connectivity index (χ0) is 28.0. The molecule has 0 spiro atoms. The van der Waals surface area contributed by atoms with Crippen LogP contribution in [-0.4, -0.2) is 30.3 Å². The number of carbonyl (C=O) groups excluding carboxylic acids is 2. The maximum absolute atomic E-state index is 12.9. The third-order valence-electron chi connectivity index (χ3n) is 9.10. The number of aliphatic hydroxyl groups excluding tert-OH is 1. The van der Waals surface area contributed by atoms with Gasteiger partial charge in [0.15, 0.2) is 0 Å². The summed E-state index contributed by atoms with van der Waals surface area (Å²) in [6.45, 7) is 7.52. The molecule has 2 aliphatic rings. The minimum Gasteiger partial charge on any atom is -0.462 e. The van der Waals surface area contributed by atoms with Crippen LogP contribution in [-0.2, 0) is 20.7 Å². The number of aliphatic hydroxyl groups is 1. The van der Waals surface area contributed by atoms with Gasteiger partial charge in [0.2, 0.25) is 0 Å². The van der Waals surface area contributed by atoms with E-state index in [0.717, 1.165) is 49.0 Å². The molecule has 2 saturated carbocycles. The van der Waals surface area contributed by atoms with E-state index in [-0.39, 0.29) is 31.0 Å². The molecule has 5 nitrogen and oxygen atoms in total. The van der Waals surface area contributed by atoms with Crippen LogP contribution in [0.3, 0.4) is 0 Å². The summed E-state index contributed by atoms with van der Waals surface area (Å²) >= 11 is 0. The first kappa shape index (κ1) is 31.4. The topological polar surface area (TPSA) is 72.8 Å². The van der Waals surface area contributed by atoms with E-state index in [1.54, 1.807) is 6.92 Å². The van der Waals surface area contributed by atoms with Crippen molar-refractivity contribution >= 4 is 11.9 Å². The van der Waals surface area contributed by atoms with Crippen LogP contribution < -0.4 is 4.74 Å².